The predicted octanol–water partition coefficient (Wildman–Crippen LogP) is 5.05. The van der Waals surface area contributed by atoms with Gasteiger partial charge < -0.3 is 9.47 Å². The van der Waals surface area contributed by atoms with Crippen molar-refractivity contribution in [2.24, 2.45) is 0 Å². The number of hydrogen-bond acceptors (Lipinski definition) is 4. The van der Waals surface area contributed by atoms with Crippen LogP contribution in [-0.2, 0) is 11.3 Å². The van der Waals surface area contributed by atoms with Crippen LogP contribution >= 0.6 is 0 Å². The lowest BCUT2D eigenvalue weighted by Crippen LogP contribution is -2.43. The van der Waals surface area contributed by atoms with Gasteiger partial charge in [0.15, 0.2) is 0 Å². The zero-order chi connectivity index (χ0) is 20.3. The van der Waals surface area contributed by atoms with E-state index >= 15 is 0 Å². The van der Waals surface area contributed by atoms with Crippen LogP contribution in [0.15, 0.2) is 36.4 Å². The van der Waals surface area contributed by atoms with E-state index in [1.165, 1.54) is 19.6 Å². The van der Waals surface area contributed by atoms with Crippen LogP contribution in [0.3, 0.4) is 0 Å². The number of methoxy groups -OCH3 is 2. The van der Waals surface area contributed by atoms with Gasteiger partial charge in [0.25, 0.3) is 0 Å². The highest BCUT2D eigenvalue weighted by Crippen LogP contribution is 2.33. The molecule has 1 aliphatic heterocycles. The molecule has 3 rings (SSSR count). The number of benzene rings is 2. The Kier molecular flexibility index (Phi) is 6.35. The Morgan fingerprint density at radius 3 is 2.43 bits per heavy atom. The van der Waals surface area contributed by atoms with Crippen molar-refractivity contribution in [3.05, 3.63) is 53.3 Å². The SMILES string of the molecule is COC(=O)c1ccc(-c2cc(OC)ccc2F)c(CN2C(C)CCCC2C)c1. The maximum Gasteiger partial charge on any atom is 0.337 e. The van der Waals surface area contributed by atoms with Crippen LogP contribution in [-0.4, -0.2) is 37.2 Å². The van der Waals surface area contributed by atoms with Gasteiger partial charge in [0.1, 0.15) is 11.6 Å². The molecule has 1 heterocycles. The van der Waals surface area contributed by atoms with E-state index in [0.29, 0.717) is 35.5 Å². The van der Waals surface area contributed by atoms with Crippen LogP contribution in [0.5, 0.6) is 5.75 Å². The minimum absolute atomic E-state index is 0.312. The molecule has 28 heavy (non-hydrogen) atoms. The number of carbonyl (C=O) groups is 1. The molecule has 1 saturated heterocycles. The fourth-order valence-electron chi connectivity index (χ4n) is 4.05. The highest BCUT2D eigenvalue weighted by molar-refractivity contribution is 5.90. The molecule has 2 aromatic carbocycles. The lowest BCUT2D eigenvalue weighted by Gasteiger charge is -2.39. The summed E-state index contributed by atoms with van der Waals surface area (Å²) in [5.41, 5.74) is 2.63. The van der Waals surface area contributed by atoms with E-state index in [1.54, 1.807) is 31.4 Å². The van der Waals surface area contributed by atoms with Crippen molar-refractivity contribution in [1.82, 2.24) is 4.90 Å². The summed E-state index contributed by atoms with van der Waals surface area (Å²) in [4.78, 5) is 14.5. The first-order valence-corrected chi connectivity index (χ1v) is 9.75. The normalized spacial score (nSPS) is 20.0. The first-order chi connectivity index (χ1) is 13.4. The highest BCUT2D eigenvalue weighted by atomic mass is 19.1. The zero-order valence-corrected chi connectivity index (χ0v) is 17.0. The van der Waals surface area contributed by atoms with Gasteiger partial charge in [-0.25, -0.2) is 9.18 Å². The maximum atomic E-state index is 14.7. The molecule has 5 heteroatoms. The lowest BCUT2D eigenvalue weighted by atomic mass is 9.93. The third-order valence-corrected chi connectivity index (χ3v) is 5.72. The maximum absolute atomic E-state index is 14.7. The van der Waals surface area contributed by atoms with Crippen LogP contribution in [0, 0.1) is 5.82 Å². The largest absolute Gasteiger partial charge is 0.497 e. The molecule has 0 saturated carbocycles. The van der Waals surface area contributed by atoms with Gasteiger partial charge in [-0.3, -0.25) is 4.90 Å². The molecule has 0 aromatic heterocycles. The second-order valence-corrected chi connectivity index (χ2v) is 7.51. The fourth-order valence-corrected chi connectivity index (χ4v) is 4.05. The molecule has 2 unspecified atom stereocenters. The van der Waals surface area contributed by atoms with Crippen LogP contribution in [0.2, 0.25) is 0 Å². The summed E-state index contributed by atoms with van der Waals surface area (Å²) in [6, 6.07) is 10.9. The minimum atomic E-state index is -0.390. The molecule has 0 radical (unpaired) electrons. The summed E-state index contributed by atoms with van der Waals surface area (Å²) in [6.07, 6.45) is 3.51. The van der Waals surface area contributed by atoms with Crippen molar-refractivity contribution in [3.63, 3.8) is 0 Å². The summed E-state index contributed by atoms with van der Waals surface area (Å²) in [6.45, 7) is 5.11. The number of hydrogen-bond donors (Lipinski definition) is 0. The Morgan fingerprint density at radius 2 is 1.79 bits per heavy atom. The number of halogens is 1. The number of esters is 1. The van der Waals surface area contributed by atoms with Gasteiger partial charge in [-0.2, -0.15) is 0 Å². The molecule has 2 atom stereocenters. The molecule has 1 aliphatic rings. The Labute approximate surface area is 166 Å². The van der Waals surface area contributed by atoms with E-state index in [9.17, 15) is 9.18 Å². The number of rotatable bonds is 5. The molecule has 0 spiro atoms. The van der Waals surface area contributed by atoms with Crippen molar-refractivity contribution >= 4 is 5.97 Å². The number of carbonyl (C=O) groups excluding carboxylic acids is 1. The third-order valence-electron chi connectivity index (χ3n) is 5.72. The smallest absolute Gasteiger partial charge is 0.337 e. The summed E-state index contributed by atoms with van der Waals surface area (Å²) in [5.74, 6) is -0.106. The molecule has 2 aromatic rings. The number of ether oxygens (including phenoxy) is 2. The third kappa shape index (κ3) is 4.20. The first-order valence-electron chi connectivity index (χ1n) is 9.75. The molecule has 4 nitrogen and oxygen atoms in total. The monoisotopic (exact) mass is 385 g/mol. The van der Waals surface area contributed by atoms with Gasteiger partial charge in [0.2, 0.25) is 0 Å². The van der Waals surface area contributed by atoms with Gasteiger partial charge in [0, 0.05) is 24.2 Å². The summed E-state index contributed by atoms with van der Waals surface area (Å²) < 4.78 is 24.8. The van der Waals surface area contributed by atoms with Crippen molar-refractivity contribution in [1.29, 1.82) is 0 Å². The Balaban J connectivity index is 2.08. The minimum Gasteiger partial charge on any atom is -0.497 e. The second-order valence-electron chi connectivity index (χ2n) is 7.51. The van der Waals surface area contributed by atoms with Crippen LogP contribution < -0.4 is 4.74 Å². The fraction of sp³-hybridized carbons (Fsp3) is 0.435. The molecular weight excluding hydrogens is 357 g/mol. The Hall–Kier alpha value is -2.40. The zero-order valence-electron chi connectivity index (χ0n) is 17.0. The van der Waals surface area contributed by atoms with E-state index in [2.05, 4.69) is 18.7 Å². The molecule has 1 fully saturated rings. The van der Waals surface area contributed by atoms with Crippen molar-refractivity contribution in [2.75, 3.05) is 14.2 Å². The average molecular weight is 385 g/mol. The quantitative estimate of drug-likeness (QED) is 0.675. The molecule has 0 amide bonds. The van der Waals surface area contributed by atoms with Gasteiger partial charge in [-0.15, -0.1) is 0 Å². The summed E-state index contributed by atoms with van der Waals surface area (Å²) >= 11 is 0. The van der Waals surface area contributed by atoms with Gasteiger partial charge in [-0.1, -0.05) is 12.5 Å². The van der Waals surface area contributed by atoms with Crippen molar-refractivity contribution < 1.29 is 18.7 Å². The van der Waals surface area contributed by atoms with E-state index in [4.69, 9.17) is 9.47 Å². The average Bonchev–Trinajstić information content (AvgIpc) is 2.70. The highest BCUT2D eigenvalue weighted by Gasteiger charge is 2.26. The number of likely N-dealkylation sites (tertiary alicyclic amines) is 1. The van der Waals surface area contributed by atoms with Crippen molar-refractivity contribution in [3.8, 4) is 16.9 Å². The standard InChI is InChI=1S/C23H28FNO3/c1-15-6-5-7-16(2)25(15)14-18-12-17(23(26)28-4)8-10-20(18)21-13-19(27-3)9-11-22(21)24/h8-13,15-16H,5-7,14H2,1-4H3. The van der Waals surface area contributed by atoms with Crippen LogP contribution in [0.1, 0.15) is 49.0 Å². The Bertz CT molecular complexity index is 842. The van der Waals surface area contributed by atoms with E-state index in [-0.39, 0.29) is 5.82 Å². The Morgan fingerprint density at radius 1 is 1.07 bits per heavy atom. The first kappa shape index (κ1) is 20.3. The summed E-state index contributed by atoms with van der Waals surface area (Å²) in [7, 11) is 2.93. The lowest BCUT2D eigenvalue weighted by molar-refractivity contribution is 0.0600. The molecule has 150 valence electrons. The van der Waals surface area contributed by atoms with Gasteiger partial charge in [-0.05, 0) is 68.1 Å². The van der Waals surface area contributed by atoms with E-state index < -0.39 is 5.97 Å². The van der Waals surface area contributed by atoms with Gasteiger partial charge in [0.05, 0.1) is 19.8 Å². The number of nitrogens with zero attached hydrogens (tertiary/aromatic N) is 1. The second kappa shape index (κ2) is 8.74. The van der Waals surface area contributed by atoms with Gasteiger partial charge >= 0.3 is 5.97 Å². The molecule has 0 bridgehead atoms. The van der Waals surface area contributed by atoms with E-state index in [0.717, 1.165) is 24.0 Å². The van der Waals surface area contributed by atoms with Crippen LogP contribution in [0.25, 0.3) is 11.1 Å². The van der Waals surface area contributed by atoms with Crippen molar-refractivity contribution in [2.45, 2.75) is 51.7 Å². The number of piperidine rings is 1. The van der Waals surface area contributed by atoms with E-state index in [1.807, 2.05) is 6.07 Å². The summed E-state index contributed by atoms with van der Waals surface area (Å²) in [5, 5.41) is 0. The molecular formula is C23H28FNO3. The predicted molar refractivity (Wildman–Crippen MR) is 108 cm³/mol. The van der Waals surface area contributed by atoms with Crippen LogP contribution in [0.4, 0.5) is 4.39 Å². The topological polar surface area (TPSA) is 38.8 Å². The molecule has 0 aliphatic carbocycles. The molecule has 0 N–H and O–H groups in total.